The summed E-state index contributed by atoms with van der Waals surface area (Å²) in [6.07, 6.45) is 1.87. The second-order valence-corrected chi connectivity index (χ2v) is 7.23. The van der Waals surface area contributed by atoms with Crippen LogP contribution >= 0.6 is 11.6 Å². The summed E-state index contributed by atoms with van der Waals surface area (Å²) in [6.45, 7) is 4.62. The molecule has 2 aromatic carbocycles. The van der Waals surface area contributed by atoms with Gasteiger partial charge in [-0.05, 0) is 55.8 Å². The highest BCUT2D eigenvalue weighted by atomic mass is 35.5. The molecule has 0 aliphatic heterocycles. The van der Waals surface area contributed by atoms with E-state index < -0.39 is 5.41 Å². The first kappa shape index (κ1) is 19.1. The Morgan fingerprint density at radius 1 is 1.15 bits per heavy atom. The lowest BCUT2D eigenvalue weighted by Crippen LogP contribution is -2.41. The monoisotopic (exact) mass is 386 g/mol. The summed E-state index contributed by atoms with van der Waals surface area (Å²) in [5, 5.41) is 4.61. The Labute approximate surface area is 163 Å². The number of H-pyrrole nitrogens is 1. The fraction of sp³-hybridized carbons (Fsp3) is 0.286. The van der Waals surface area contributed by atoms with E-state index >= 15 is 0 Å². The van der Waals surface area contributed by atoms with E-state index in [1.165, 1.54) is 0 Å². The van der Waals surface area contributed by atoms with Crippen LogP contribution in [-0.2, 0) is 10.2 Å². The van der Waals surface area contributed by atoms with E-state index in [1.54, 1.807) is 7.11 Å². The number of rotatable bonds is 7. The first-order valence-electron chi connectivity index (χ1n) is 8.74. The third-order valence-corrected chi connectivity index (χ3v) is 4.84. The molecule has 0 saturated heterocycles. The molecule has 0 fully saturated rings. The van der Waals surface area contributed by atoms with E-state index in [4.69, 9.17) is 21.1 Å². The number of methoxy groups -OCH3 is 1. The van der Waals surface area contributed by atoms with E-state index in [-0.39, 0.29) is 5.91 Å². The number of halogens is 1. The molecular formula is C21H23ClN2O3. The first-order chi connectivity index (χ1) is 12.9. The van der Waals surface area contributed by atoms with Crippen LogP contribution in [0.4, 0.5) is 0 Å². The molecule has 5 nitrogen and oxygen atoms in total. The summed E-state index contributed by atoms with van der Waals surface area (Å²) in [4.78, 5) is 15.9. The fourth-order valence-electron chi connectivity index (χ4n) is 2.96. The lowest BCUT2D eigenvalue weighted by atomic mass is 9.83. The Morgan fingerprint density at radius 3 is 2.56 bits per heavy atom. The number of ether oxygens (including phenoxy) is 2. The summed E-state index contributed by atoms with van der Waals surface area (Å²) >= 11 is 6.04. The first-order valence-corrected chi connectivity index (χ1v) is 9.12. The Balaban J connectivity index is 1.58. The molecule has 0 aliphatic rings. The van der Waals surface area contributed by atoms with Gasteiger partial charge in [-0.1, -0.05) is 17.7 Å². The highest BCUT2D eigenvalue weighted by Crippen LogP contribution is 2.31. The topological polar surface area (TPSA) is 63.4 Å². The number of carbonyl (C=O) groups excluding carboxylic acids is 1. The predicted molar refractivity (Wildman–Crippen MR) is 108 cm³/mol. The standard InChI is InChI=1S/C21H23ClN2O3/c1-21(2,18-13-24-19-12-14(22)4-9-17(18)19)20(25)23-10-11-27-16-7-5-15(26-3)6-8-16/h4-9,12-13,24H,10-11H2,1-3H3,(H,23,25). The van der Waals surface area contributed by atoms with E-state index in [2.05, 4.69) is 10.3 Å². The number of hydrogen-bond donors (Lipinski definition) is 2. The zero-order valence-corrected chi connectivity index (χ0v) is 16.4. The van der Waals surface area contributed by atoms with E-state index in [9.17, 15) is 4.79 Å². The molecule has 27 heavy (non-hydrogen) atoms. The van der Waals surface area contributed by atoms with Crippen molar-refractivity contribution in [1.82, 2.24) is 10.3 Å². The molecule has 1 amide bonds. The maximum Gasteiger partial charge on any atom is 0.230 e. The minimum absolute atomic E-state index is 0.0586. The molecule has 2 N–H and O–H groups in total. The minimum atomic E-state index is -0.688. The predicted octanol–water partition coefficient (Wildman–Crippen LogP) is 4.30. The third kappa shape index (κ3) is 4.19. The number of hydrogen-bond acceptors (Lipinski definition) is 3. The van der Waals surface area contributed by atoms with Crippen molar-refractivity contribution in [3.63, 3.8) is 0 Å². The van der Waals surface area contributed by atoms with Gasteiger partial charge in [0.1, 0.15) is 18.1 Å². The zero-order valence-electron chi connectivity index (χ0n) is 15.6. The van der Waals surface area contributed by atoms with Crippen LogP contribution in [0.1, 0.15) is 19.4 Å². The Hall–Kier alpha value is -2.66. The van der Waals surface area contributed by atoms with E-state index in [0.717, 1.165) is 28.0 Å². The van der Waals surface area contributed by atoms with Crippen LogP contribution in [0.3, 0.4) is 0 Å². The fourth-order valence-corrected chi connectivity index (χ4v) is 3.14. The summed E-state index contributed by atoms with van der Waals surface area (Å²) < 4.78 is 10.8. The molecule has 3 rings (SSSR count). The molecule has 1 heterocycles. The van der Waals surface area contributed by atoms with Crippen molar-refractivity contribution in [1.29, 1.82) is 0 Å². The lowest BCUT2D eigenvalue weighted by molar-refractivity contribution is -0.125. The molecule has 0 unspecified atom stereocenters. The van der Waals surface area contributed by atoms with Gasteiger partial charge in [0, 0.05) is 22.1 Å². The maximum absolute atomic E-state index is 12.7. The van der Waals surface area contributed by atoms with Crippen LogP contribution in [0.2, 0.25) is 5.02 Å². The average molecular weight is 387 g/mol. The van der Waals surface area contributed by atoms with Gasteiger partial charge in [-0.3, -0.25) is 4.79 Å². The summed E-state index contributed by atoms with van der Waals surface area (Å²) in [5.41, 5.74) is 1.16. The van der Waals surface area contributed by atoms with Gasteiger partial charge in [0.15, 0.2) is 0 Å². The van der Waals surface area contributed by atoms with Crippen molar-refractivity contribution >= 4 is 28.4 Å². The van der Waals surface area contributed by atoms with Crippen LogP contribution in [0.25, 0.3) is 10.9 Å². The molecule has 0 atom stereocenters. The Bertz CT molecular complexity index is 932. The molecular weight excluding hydrogens is 364 g/mol. The van der Waals surface area contributed by atoms with Crippen molar-refractivity contribution < 1.29 is 14.3 Å². The van der Waals surface area contributed by atoms with Crippen LogP contribution in [0.15, 0.2) is 48.7 Å². The van der Waals surface area contributed by atoms with Crippen molar-refractivity contribution in [2.24, 2.45) is 0 Å². The molecule has 142 valence electrons. The number of benzene rings is 2. The van der Waals surface area contributed by atoms with Crippen molar-refractivity contribution in [3.05, 3.63) is 59.2 Å². The van der Waals surface area contributed by atoms with Gasteiger partial charge in [-0.25, -0.2) is 0 Å². The van der Waals surface area contributed by atoms with E-state index in [0.29, 0.717) is 18.2 Å². The highest BCUT2D eigenvalue weighted by Gasteiger charge is 2.31. The Kier molecular flexibility index (Phi) is 5.61. The zero-order chi connectivity index (χ0) is 19.4. The number of aromatic nitrogens is 1. The van der Waals surface area contributed by atoms with Gasteiger partial charge in [-0.2, -0.15) is 0 Å². The minimum Gasteiger partial charge on any atom is -0.497 e. The molecule has 0 bridgehead atoms. The summed E-state index contributed by atoms with van der Waals surface area (Å²) in [5.74, 6) is 1.45. The van der Waals surface area contributed by atoms with Gasteiger partial charge in [0.2, 0.25) is 5.91 Å². The normalized spacial score (nSPS) is 11.4. The quantitative estimate of drug-likeness (QED) is 0.595. The molecule has 0 radical (unpaired) electrons. The van der Waals surface area contributed by atoms with Gasteiger partial charge in [0.25, 0.3) is 0 Å². The smallest absolute Gasteiger partial charge is 0.230 e. The lowest BCUT2D eigenvalue weighted by Gasteiger charge is -2.23. The third-order valence-electron chi connectivity index (χ3n) is 4.60. The molecule has 1 aromatic heterocycles. The largest absolute Gasteiger partial charge is 0.497 e. The van der Waals surface area contributed by atoms with Crippen LogP contribution in [-0.4, -0.2) is 31.2 Å². The molecule has 0 saturated carbocycles. The maximum atomic E-state index is 12.7. The SMILES string of the molecule is COc1ccc(OCCNC(=O)C(C)(C)c2c[nH]c3cc(Cl)ccc23)cc1. The van der Waals surface area contributed by atoms with Crippen LogP contribution < -0.4 is 14.8 Å². The van der Waals surface area contributed by atoms with Gasteiger partial charge >= 0.3 is 0 Å². The highest BCUT2D eigenvalue weighted by molar-refractivity contribution is 6.31. The number of nitrogens with one attached hydrogen (secondary N) is 2. The number of fused-ring (bicyclic) bond motifs is 1. The number of carbonyl (C=O) groups is 1. The average Bonchev–Trinajstić information content (AvgIpc) is 3.09. The number of amides is 1. The van der Waals surface area contributed by atoms with Crippen molar-refractivity contribution in [2.75, 3.05) is 20.3 Å². The van der Waals surface area contributed by atoms with Crippen LogP contribution in [0.5, 0.6) is 11.5 Å². The van der Waals surface area contributed by atoms with Gasteiger partial charge in [0.05, 0.1) is 19.1 Å². The van der Waals surface area contributed by atoms with Gasteiger partial charge < -0.3 is 19.8 Å². The summed E-state index contributed by atoms with van der Waals surface area (Å²) in [6, 6.07) is 13.0. The van der Waals surface area contributed by atoms with Crippen molar-refractivity contribution in [3.8, 4) is 11.5 Å². The molecule has 3 aromatic rings. The molecule has 0 spiro atoms. The molecule has 0 aliphatic carbocycles. The Morgan fingerprint density at radius 2 is 1.85 bits per heavy atom. The number of aromatic amines is 1. The summed E-state index contributed by atoms with van der Waals surface area (Å²) in [7, 11) is 1.62. The molecule has 6 heteroatoms. The van der Waals surface area contributed by atoms with Crippen molar-refractivity contribution in [2.45, 2.75) is 19.3 Å². The second kappa shape index (κ2) is 7.92. The van der Waals surface area contributed by atoms with Crippen LogP contribution in [0, 0.1) is 0 Å². The van der Waals surface area contributed by atoms with E-state index in [1.807, 2.05) is 62.5 Å². The van der Waals surface area contributed by atoms with Gasteiger partial charge in [-0.15, -0.1) is 0 Å². The second-order valence-electron chi connectivity index (χ2n) is 6.80.